The molecule has 27 heavy (non-hydrogen) atoms. The lowest BCUT2D eigenvalue weighted by Crippen LogP contribution is -2.63. The Kier molecular flexibility index (Phi) is 5.06. The van der Waals surface area contributed by atoms with Crippen molar-refractivity contribution in [3.05, 3.63) is 45.2 Å². The minimum absolute atomic E-state index is 0.0194. The third-order valence-electron chi connectivity index (χ3n) is 5.32. The molecule has 2 fully saturated rings. The highest BCUT2D eigenvalue weighted by Crippen LogP contribution is 2.32. The van der Waals surface area contributed by atoms with Gasteiger partial charge in [-0.25, -0.2) is 4.98 Å². The Balaban J connectivity index is 1.51. The number of nitrogen functional groups attached to an aromatic ring is 1. The fourth-order valence-corrected chi connectivity index (χ4v) is 5.00. The number of nitrogens with two attached hydrogens (primary N) is 1. The fraction of sp³-hybridized carbons (Fsp3) is 0.421. The van der Waals surface area contributed by atoms with E-state index in [1.54, 1.807) is 23.5 Å². The number of pyridine rings is 1. The first-order chi connectivity index (χ1) is 13.0. The Bertz CT molecular complexity index is 843. The number of hydrogen-bond donors (Lipinski definition) is 1. The molecule has 2 aliphatic rings. The molecule has 0 aromatic carbocycles. The van der Waals surface area contributed by atoms with Crippen LogP contribution in [-0.2, 0) is 11.2 Å². The molecule has 0 saturated carbocycles. The number of nitrogens with zero attached hydrogens (tertiary/aromatic N) is 3. The molecule has 2 aromatic rings. The number of fused-ring (bicyclic) bond motifs is 2. The van der Waals surface area contributed by atoms with Crippen LogP contribution in [0.4, 0.5) is 5.82 Å². The summed E-state index contributed by atoms with van der Waals surface area (Å²) in [5, 5.41) is 2.12. The second-order valence-electron chi connectivity index (χ2n) is 7.08. The Hall–Kier alpha value is -2.12. The number of piperazine rings is 1. The normalized spacial score (nSPS) is 22.0. The highest BCUT2D eigenvalue weighted by atomic mass is 35.5. The Labute approximate surface area is 166 Å². The van der Waals surface area contributed by atoms with Crippen LogP contribution in [0.15, 0.2) is 29.6 Å². The molecule has 4 heterocycles. The SMILES string of the molecule is Nc1ccc(C(=O)N2C3CCCC2CN(C(=O)Cc2cccs2)C3)c(Cl)n1. The van der Waals surface area contributed by atoms with Crippen molar-refractivity contribution in [2.75, 3.05) is 18.8 Å². The van der Waals surface area contributed by atoms with Crippen molar-refractivity contribution in [2.45, 2.75) is 37.8 Å². The molecule has 2 atom stereocenters. The predicted molar refractivity (Wildman–Crippen MR) is 106 cm³/mol. The van der Waals surface area contributed by atoms with Crippen LogP contribution in [-0.4, -0.2) is 51.8 Å². The topological polar surface area (TPSA) is 79.5 Å². The number of aromatic nitrogens is 1. The Morgan fingerprint density at radius 3 is 2.59 bits per heavy atom. The molecular formula is C19H21ClN4O2S. The molecule has 142 valence electrons. The van der Waals surface area contributed by atoms with Crippen LogP contribution in [0.5, 0.6) is 0 Å². The molecule has 0 aliphatic carbocycles. The smallest absolute Gasteiger partial charge is 0.257 e. The van der Waals surface area contributed by atoms with Gasteiger partial charge in [0.25, 0.3) is 5.91 Å². The molecule has 2 aliphatic heterocycles. The molecule has 2 aromatic heterocycles. The molecule has 2 saturated heterocycles. The summed E-state index contributed by atoms with van der Waals surface area (Å²) in [4.78, 5) is 34.8. The van der Waals surface area contributed by atoms with Gasteiger partial charge < -0.3 is 15.5 Å². The summed E-state index contributed by atoms with van der Waals surface area (Å²) >= 11 is 7.76. The maximum absolute atomic E-state index is 13.1. The number of carbonyl (C=O) groups excluding carboxylic acids is 2. The lowest BCUT2D eigenvalue weighted by molar-refractivity contribution is -0.135. The molecular weight excluding hydrogens is 384 g/mol. The van der Waals surface area contributed by atoms with Crippen LogP contribution in [0.1, 0.15) is 34.5 Å². The van der Waals surface area contributed by atoms with Crippen molar-refractivity contribution in [3.63, 3.8) is 0 Å². The van der Waals surface area contributed by atoms with Gasteiger partial charge in [0.15, 0.2) is 0 Å². The van der Waals surface area contributed by atoms with Crippen molar-refractivity contribution in [1.29, 1.82) is 0 Å². The largest absolute Gasteiger partial charge is 0.384 e. The lowest BCUT2D eigenvalue weighted by Gasteiger charge is -2.50. The van der Waals surface area contributed by atoms with Crippen LogP contribution >= 0.6 is 22.9 Å². The summed E-state index contributed by atoms with van der Waals surface area (Å²) in [6, 6.07) is 7.21. The van der Waals surface area contributed by atoms with Gasteiger partial charge in [-0.2, -0.15) is 0 Å². The number of halogens is 1. The van der Waals surface area contributed by atoms with Gasteiger partial charge in [-0.3, -0.25) is 9.59 Å². The van der Waals surface area contributed by atoms with Crippen LogP contribution < -0.4 is 5.73 Å². The quantitative estimate of drug-likeness (QED) is 0.798. The van der Waals surface area contributed by atoms with Crippen molar-refractivity contribution in [1.82, 2.24) is 14.8 Å². The standard InChI is InChI=1S/C19H21ClN4O2S/c20-18-15(6-7-16(21)22-18)19(26)24-12-3-1-4-13(24)11-23(10-12)17(25)9-14-5-2-8-27-14/h2,5-8,12-13H,1,3-4,9-11H2,(H2,21,22). The van der Waals surface area contributed by atoms with Gasteiger partial charge >= 0.3 is 0 Å². The molecule has 6 nitrogen and oxygen atoms in total. The minimum Gasteiger partial charge on any atom is -0.384 e. The maximum Gasteiger partial charge on any atom is 0.257 e. The van der Waals surface area contributed by atoms with E-state index < -0.39 is 0 Å². The molecule has 2 amide bonds. The molecule has 8 heteroatoms. The van der Waals surface area contributed by atoms with Crippen LogP contribution in [0.2, 0.25) is 5.15 Å². The zero-order chi connectivity index (χ0) is 19.0. The van der Waals surface area contributed by atoms with Crippen molar-refractivity contribution in [2.24, 2.45) is 0 Å². The Morgan fingerprint density at radius 2 is 1.96 bits per heavy atom. The van der Waals surface area contributed by atoms with E-state index in [0.717, 1.165) is 24.1 Å². The zero-order valence-corrected chi connectivity index (χ0v) is 16.4. The van der Waals surface area contributed by atoms with E-state index >= 15 is 0 Å². The van der Waals surface area contributed by atoms with E-state index in [-0.39, 0.29) is 29.1 Å². The molecule has 0 spiro atoms. The average Bonchev–Trinajstić information content (AvgIpc) is 3.13. The number of hydrogen-bond acceptors (Lipinski definition) is 5. The zero-order valence-electron chi connectivity index (χ0n) is 14.8. The first kappa shape index (κ1) is 18.3. The van der Waals surface area contributed by atoms with Gasteiger partial charge in [-0.05, 0) is 42.8 Å². The number of rotatable bonds is 3. The van der Waals surface area contributed by atoms with Gasteiger partial charge in [-0.15, -0.1) is 11.3 Å². The van der Waals surface area contributed by atoms with E-state index in [2.05, 4.69) is 4.98 Å². The predicted octanol–water partition coefficient (Wildman–Crippen LogP) is 2.83. The Morgan fingerprint density at radius 1 is 1.22 bits per heavy atom. The van der Waals surface area contributed by atoms with E-state index in [1.165, 1.54) is 0 Å². The first-order valence-electron chi connectivity index (χ1n) is 9.08. The van der Waals surface area contributed by atoms with E-state index in [9.17, 15) is 9.59 Å². The molecule has 2 bridgehead atoms. The summed E-state index contributed by atoms with van der Waals surface area (Å²) < 4.78 is 0. The average molecular weight is 405 g/mol. The highest BCUT2D eigenvalue weighted by molar-refractivity contribution is 7.10. The monoisotopic (exact) mass is 404 g/mol. The summed E-state index contributed by atoms with van der Waals surface area (Å²) in [6.07, 6.45) is 3.29. The number of anilines is 1. The number of piperidine rings is 1. The van der Waals surface area contributed by atoms with E-state index in [1.807, 2.05) is 27.3 Å². The van der Waals surface area contributed by atoms with Gasteiger partial charge in [0.2, 0.25) is 5.91 Å². The summed E-state index contributed by atoms with van der Waals surface area (Å²) in [7, 11) is 0. The molecule has 0 radical (unpaired) electrons. The number of amides is 2. The van der Waals surface area contributed by atoms with Crippen LogP contribution in [0, 0.1) is 0 Å². The third kappa shape index (κ3) is 3.66. The summed E-state index contributed by atoms with van der Waals surface area (Å²) in [5.41, 5.74) is 6.02. The van der Waals surface area contributed by atoms with Gasteiger partial charge in [0, 0.05) is 30.1 Å². The second kappa shape index (κ2) is 7.48. The van der Waals surface area contributed by atoms with Gasteiger partial charge in [0.1, 0.15) is 11.0 Å². The third-order valence-corrected chi connectivity index (χ3v) is 6.48. The molecule has 2 unspecified atom stereocenters. The van der Waals surface area contributed by atoms with Gasteiger partial charge in [-0.1, -0.05) is 17.7 Å². The lowest BCUT2D eigenvalue weighted by atomic mass is 9.90. The number of carbonyl (C=O) groups is 2. The van der Waals surface area contributed by atoms with Crippen molar-refractivity contribution < 1.29 is 9.59 Å². The fourth-order valence-electron chi connectivity index (χ4n) is 4.06. The summed E-state index contributed by atoms with van der Waals surface area (Å²) in [5.74, 6) is 0.307. The number of thiophene rings is 1. The first-order valence-corrected chi connectivity index (χ1v) is 10.3. The summed E-state index contributed by atoms with van der Waals surface area (Å²) in [6.45, 7) is 1.15. The highest BCUT2D eigenvalue weighted by Gasteiger charge is 2.42. The van der Waals surface area contributed by atoms with Crippen molar-refractivity contribution >= 4 is 40.6 Å². The second-order valence-corrected chi connectivity index (χ2v) is 8.47. The number of likely N-dealkylation sites (tertiary alicyclic amines) is 1. The van der Waals surface area contributed by atoms with E-state index in [0.29, 0.717) is 30.9 Å². The molecule has 4 rings (SSSR count). The van der Waals surface area contributed by atoms with Crippen LogP contribution in [0.25, 0.3) is 0 Å². The van der Waals surface area contributed by atoms with Crippen molar-refractivity contribution in [3.8, 4) is 0 Å². The maximum atomic E-state index is 13.1. The minimum atomic E-state index is -0.118. The van der Waals surface area contributed by atoms with Crippen LogP contribution in [0.3, 0.4) is 0 Å². The van der Waals surface area contributed by atoms with E-state index in [4.69, 9.17) is 17.3 Å². The van der Waals surface area contributed by atoms with Gasteiger partial charge in [0.05, 0.1) is 12.0 Å². The molecule has 2 N–H and O–H groups in total.